The second-order valence-corrected chi connectivity index (χ2v) is 5.31. The molecule has 0 radical (unpaired) electrons. The van der Waals surface area contributed by atoms with Crippen molar-refractivity contribution in [3.8, 4) is 5.75 Å². The lowest BCUT2D eigenvalue weighted by Gasteiger charge is -2.08. The maximum Gasteiger partial charge on any atom is 0.163 e. The van der Waals surface area contributed by atoms with Gasteiger partial charge in [0.1, 0.15) is 17.4 Å². The number of aromatic hydroxyl groups is 1. The maximum atomic E-state index is 13.4. The first-order chi connectivity index (χ1) is 9.47. The van der Waals surface area contributed by atoms with Crippen LogP contribution in [0.1, 0.15) is 22.8 Å². The van der Waals surface area contributed by atoms with E-state index in [1.54, 1.807) is 12.1 Å². The van der Waals surface area contributed by atoms with Crippen LogP contribution in [0.25, 0.3) is 0 Å². The standard InChI is InChI=1S/C15H12F2O2S/c1-9(18)14-7-12(17)5-10(15(14)19)8-20-13-4-2-3-11(16)6-13/h2-7,19H,8H2,1H3. The molecule has 0 aliphatic heterocycles. The van der Waals surface area contributed by atoms with Crippen molar-refractivity contribution in [3.63, 3.8) is 0 Å². The van der Waals surface area contributed by atoms with Gasteiger partial charge >= 0.3 is 0 Å². The number of phenols is 1. The third-order valence-corrected chi connectivity index (χ3v) is 3.77. The Bertz CT molecular complexity index is 656. The second-order valence-electron chi connectivity index (χ2n) is 4.26. The first kappa shape index (κ1) is 14.5. The quantitative estimate of drug-likeness (QED) is 0.679. The van der Waals surface area contributed by atoms with E-state index >= 15 is 0 Å². The minimum absolute atomic E-state index is 0.0418. The molecule has 0 saturated carbocycles. The van der Waals surface area contributed by atoms with Gasteiger partial charge in [-0.2, -0.15) is 0 Å². The lowest BCUT2D eigenvalue weighted by Crippen LogP contribution is -1.97. The van der Waals surface area contributed by atoms with E-state index in [9.17, 15) is 18.7 Å². The predicted molar refractivity (Wildman–Crippen MR) is 74.0 cm³/mol. The monoisotopic (exact) mass is 294 g/mol. The minimum Gasteiger partial charge on any atom is -0.507 e. The third-order valence-electron chi connectivity index (χ3n) is 2.72. The Morgan fingerprint density at radius 1 is 1.20 bits per heavy atom. The van der Waals surface area contributed by atoms with Crippen molar-refractivity contribution in [1.82, 2.24) is 0 Å². The van der Waals surface area contributed by atoms with Gasteiger partial charge in [0.2, 0.25) is 0 Å². The Morgan fingerprint density at radius 2 is 1.95 bits per heavy atom. The summed E-state index contributed by atoms with van der Waals surface area (Å²) in [6.45, 7) is 1.26. The van der Waals surface area contributed by atoms with Crippen molar-refractivity contribution in [3.05, 3.63) is 59.2 Å². The SMILES string of the molecule is CC(=O)c1cc(F)cc(CSc2cccc(F)c2)c1O. The highest BCUT2D eigenvalue weighted by Gasteiger charge is 2.14. The molecule has 0 fully saturated rings. The zero-order chi connectivity index (χ0) is 14.7. The number of carbonyl (C=O) groups excluding carboxylic acids is 1. The Morgan fingerprint density at radius 3 is 2.60 bits per heavy atom. The van der Waals surface area contributed by atoms with Gasteiger partial charge in [0.15, 0.2) is 5.78 Å². The minimum atomic E-state index is -0.581. The fourth-order valence-electron chi connectivity index (χ4n) is 1.75. The summed E-state index contributed by atoms with van der Waals surface area (Å²) < 4.78 is 26.5. The fourth-order valence-corrected chi connectivity index (χ4v) is 2.66. The van der Waals surface area contributed by atoms with Crippen molar-refractivity contribution >= 4 is 17.5 Å². The van der Waals surface area contributed by atoms with Crippen molar-refractivity contribution in [2.75, 3.05) is 0 Å². The van der Waals surface area contributed by atoms with E-state index in [1.165, 1.54) is 36.9 Å². The van der Waals surface area contributed by atoms with Crippen LogP contribution in [0, 0.1) is 11.6 Å². The Labute approximate surface area is 119 Å². The molecule has 5 heteroatoms. The molecule has 2 rings (SSSR count). The van der Waals surface area contributed by atoms with Gasteiger partial charge in [0.05, 0.1) is 5.56 Å². The average molecular weight is 294 g/mol. The molecule has 0 amide bonds. The molecule has 0 aliphatic rings. The van der Waals surface area contributed by atoms with Crippen LogP contribution < -0.4 is 0 Å². The molecule has 2 aromatic rings. The molecule has 0 spiro atoms. The summed E-state index contributed by atoms with van der Waals surface area (Å²) in [6, 6.07) is 8.16. The number of rotatable bonds is 4. The number of benzene rings is 2. The Kier molecular flexibility index (Phi) is 4.39. The number of hydrogen-bond donors (Lipinski definition) is 1. The average Bonchev–Trinajstić information content (AvgIpc) is 2.39. The summed E-state index contributed by atoms with van der Waals surface area (Å²) in [5, 5.41) is 9.94. The van der Waals surface area contributed by atoms with Gasteiger partial charge in [-0.3, -0.25) is 4.79 Å². The summed E-state index contributed by atoms with van der Waals surface area (Å²) in [7, 11) is 0. The topological polar surface area (TPSA) is 37.3 Å². The number of ketones is 1. The van der Waals surface area contributed by atoms with E-state index in [1.807, 2.05) is 0 Å². The lowest BCUT2D eigenvalue weighted by atomic mass is 10.1. The molecule has 0 heterocycles. The highest BCUT2D eigenvalue weighted by molar-refractivity contribution is 7.98. The Balaban J connectivity index is 2.23. The Hall–Kier alpha value is -1.88. The largest absolute Gasteiger partial charge is 0.507 e. The van der Waals surface area contributed by atoms with E-state index in [4.69, 9.17) is 0 Å². The molecule has 0 bridgehead atoms. The molecule has 0 unspecified atom stereocenters. The first-order valence-corrected chi connectivity index (χ1v) is 6.86. The van der Waals surface area contributed by atoms with Gasteiger partial charge in [0.25, 0.3) is 0 Å². The predicted octanol–water partition coefficient (Wildman–Crippen LogP) is 4.17. The van der Waals surface area contributed by atoms with Gasteiger partial charge in [0, 0.05) is 16.2 Å². The van der Waals surface area contributed by atoms with Gasteiger partial charge in [-0.1, -0.05) is 6.07 Å². The van der Waals surface area contributed by atoms with Crippen LogP contribution in [0.4, 0.5) is 8.78 Å². The molecular formula is C15H12F2O2S. The molecule has 104 valence electrons. The van der Waals surface area contributed by atoms with Gasteiger partial charge in [-0.15, -0.1) is 11.8 Å². The molecule has 0 aliphatic carbocycles. The van der Waals surface area contributed by atoms with Crippen LogP contribution in [-0.2, 0) is 5.75 Å². The van der Waals surface area contributed by atoms with Crippen LogP contribution in [0.15, 0.2) is 41.3 Å². The van der Waals surface area contributed by atoms with E-state index < -0.39 is 11.6 Å². The van der Waals surface area contributed by atoms with Crippen LogP contribution in [0.3, 0.4) is 0 Å². The number of Topliss-reactive ketones (excluding diaryl/α,β-unsaturated/α-hetero) is 1. The second kappa shape index (κ2) is 6.05. The molecule has 1 N–H and O–H groups in total. The molecule has 0 atom stereocenters. The van der Waals surface area contributed by atoms with E-state index in [0.717, 1.165) is 6.07 Å². The van der Waals surface area contributed by atoms with Crippen LogP contribution >= 0.6 is 11.8 Å². The highest BCUT2D eigenvalue weighted by Crippen LogP contribution is 2.31. The summed E-state index contributed by atoms with van der Waals surface area (Å²) >= 11 is 1.25. The molecule has 2 nitrogen and oxygen atoms in total. The summed E-state index contributed by atoms with van der Waals surface area (Å²) in [6.07, 6.45) is 0. The summed E-state index contributed by atoms with van der Waals surface area (Å²) in [5.41, 5.74) is 0.268. The first-order valence-electron chi connectivity index (χ1n) is 5.88. The van der Waals surface area contributed by atoms with Crippen LogP contribution in [-0.4, -0.2) is 10.9 Å². The summed E-state index contributed by atoms with van der Waals surface area (Å²) in [5.74, 6) is -1.32. The van der Waals surface area contributed by atoms with Crippen molar-refractivity contribution in [2.45, 2.75) is 17.6 Å². The number of hydrogen-bond acceptors (Lipinski definition) is 3. The molecule has 2 aromatic carbocycles. The number of carbonyl (C=O) groups is 1. The molecular weight excluding hydrogens is 282 g/mol. The van der Waals surface area contributed by atoms with Crippen molar-refractivity contribution < 1.29 is 18.7 Å². The van der Waals surface area contributed by atoms with E-state index in [-0.39, 0.29) is 22.9 Å². The number of phenolic OH excluding ortho intramolecular Hbond substituents is 1. The van der Waals surface area contributed by atoms with E-state index in [2.05, 4.69) is 0 Å². The van der Waals surface area contributed by atoms with Gasteiger partial charge in [-0.05, 0) is 37.3 Å². The molecule has 0 saturated heterocycles. The van der Waals surface area contributed by atoms with Crippen molar-refractivity contribution in [1.29, 1.82) is 0 Å². The molecule has 20 heavy (non-hydrogen) atoms. The number of thioether (sulfide) groups is 1. The number of halogens is 2. The normalized spacial score (nSPS) is 10.6. The third kappa shape index (κ3) is 3.36. The van der Waals surface area contributed by atoms with Crippen molar-refractivity contribution in [2.24, 2.45) is 0 Å². The summed E-state index contributed by atoms with van der Waals surface area (Å²) in [4.78, 5) is 12.0. The maximum absolute atomic E-state index is 13.4. The van der Waals surface area contributed by atoms with Gasteiger partial charge in [-0.25, -0.2) is 8.78 Å². The van der Waals surface area contributed by atoms with Crippen LogP contribution in [0.2, 0.25) is 0 Å². The van der Waals surface area contributed by atoms with E-state index in [0.29, 0.717) is 10.5 Å². The highest BCUT2D eigenvalue weighted by atomic mass is 32.2. The smallest absolute Gasteiger partial charge is 0.163 e. The zero-order valence-corrected chi connectivity index (χ0v) is 11.5. The lowest BCUT2D eigenvalue weighted by molar-refractivity contribution is 0.101. The van der Waals surface area contributed by atoms with Crippen LogP contribution in [0.5, 0.6) is 5.75 Å². The van der Waals surface area contributed by atoms with Gasteiger partial charge < -0.3 is 5.11 Å². The molecule has 0 aromatic heterocycles. The fraction of sp³-hybridized carbons (Fsp3) is 0.133. The zero-order valence-electron chi connectivity index (χ0n) is 10.7.